The lowest BCUT2D eigenvalue weighted by molar-refractivity contribution is -0.138. The Balaban J connectivity index is 2.08. The van der Waals surface area contributed by atoms with Crippen LogP contribution in [0, 0.1) is 0 Å². The molecule has 164 valence electrons. The number of aromatic amines is 1. The highest BCUT2D eigenvalue weighted by molar-refractivity contribution is 7.89. The second kappa shape index (κ2) is 7.54. The smallest absolute Gasteiger partial charge is 0.330 e. The number of anilines is 1. The normalized spacial score (nSPS) is 15.4. The van der Waals surface area contributed by atoms with E-state index in [9.17, 15) is 23.1 Å². The summed E-state index contributed by atoms with van der Waals surface area (Å²) in [7, 11) is -0.0820. The minimum Gasteiger partial charge on any atom is -0.479 e. The minimum absolute atomic E-state index is 0.142. The lowest BCUT2D eigenvalue weighted by atomic mass is 9.97. The standard InChI is InChI=1S/C21H23N3O6S/c1-24-9-13-12-8-11(10-31(3,28)29)4-5-14(12)22-19(21(26)27)17-15(6-7-30-2)23-18(16(13)17)20(24)25/h4-5,8-9,19,22-23H,6-7,10H2,1-3H3,(H,26,27). The van der Waals surface area contributed by atoms with Crippen molar-refractivity contribution in [2.45, 2.75) is 18.2 Å². The molecule has 1 aliphatic heterocycles. The van der Waals surface area contributed by atoms with Crippen molar-refractivity contribution >= 4 is 32.4 Å². The highest BCUT2D eigenvalue weighted by Gasteiger charge is 2.33. The lowest BCUT2D eigenvalue weighted by Crippen LogP contribution is -2.21. The number of benzene rings is 1. The summed E-state index contributed by atoms with van der Waals surface area (Å²) in [5, 5.41) is 13.6. The van der Waals surface area contributed by atoms with Crippen molar-refractivity contribution in [1.29, 1.82) is 0 Å². The van der Waals surface area contributed by atoms with E-state index in [-0.39, 0.29) is 11.3 Å². The van der Waals surface area contributed by atoms with Crippen LogP contribution in [-0.2, 0) is 38.6 Å². The summed E-state index contributed by atoms with van der Waals surface area (Å²) in [5.74, 6) is -1.23. The maximum atomic E-state index is 12.9. The van der Waals surface area contributed by atoms with E-state index in [2.05, 4.69) is 10.3 Å². The number of carboxylic acids is 1. The van der Waals surface area contributed by atoms with Crippen LogP contribution >= 0.6 is 0 Å². The lowest BCUT2D eigenvalue weighted by Gasteiger charge is -2.17. The van der Waals surface area contributed by atoms with E-state index >= 15 is 0 Å². The number of rotatable bonds is 6. The molecule has 1 atom stereocenters. The molecule has 1 aromatic carbocycles. The summed E-state index contributed by atoms with van der Waals surface area (Å²) >= 11 is 0. The van der Waals surface area contributed by atoms with Gasteiger partial charge in [0.05, 0.1) is 12.4 Å². The van der Waals surface area contributed by atoms with Crippen molar-refractivity contribution in [3.05, 3.63) is 51.6 Å². The van der Waals surface area contributed by atoms with Crippen LogP contribution in [0.1, 0.15) is 22.9 Å². The second-order valence-corrected chi connectivity index (χ2v) is 9.97. The Kier molecular flexibility index (Phi) is 5.14. The van der Waals surface area contributed by atoms with Gasteiger partial charge in [0, 0.05) is 66.5 Å². The first-order valence-corrected chi connectivity index (χ1v) is 11.7. The van der Waals surface area contributed by atoms with E-state index in [0.717, 1.165) is 6.26 Å². The number of hydrogen-bond acceptors (Lipinski definition) is 6. The number of nitrogens with one attached hydrogen (secondary N) is 2. The first-order chi connectivity index (χ1) is 14.6. The molecule has 10 heteroatoms. The molecule has 9 nitrogen and oxygen atoms in total. The van der Waals surface area contributed by atoms with Gasteiger partial charge in [0.15, 0.2) is 15.9 Å². The van der Waals surface area contributed by atoms with Crippen molar-refractivity contribution in [3.63, 3.8) is 0 Å². The molecule has 31 heavy (non-hydrogen) atoms. The zero-order valence-electron chi connectivity index (χ0n) is 17.4. The molecule has 0 amide bonds. The molecule has 0 saturated heterocycles. The summed E-state index contributed by atoms with van der Waals surface area (Å²) in [5.41, 5.74) is 3.59. The highest BCUT2D eigenvalue weighted by Crippen LogP contribution is 2.43. The van der Waals surface area contributed by atoms with Gasteiger partial charge >= 0.3 is 5.97 Å². The molecule has 3 N–H and O–H groups in total. The topological polar surface area (TPSA) is 130 Å². The molecule has 0 fully saturated rings. The van der Waals surface area contributed by atoms with Crippen LogP contribution in [0.25, 0.3) is 22.0 Å². The van der Waals surface area contributed by atoms with Gasteiger partial charge < -0.3 is 24.7 Å². The number of ether oxygens (including phenoxy) is 1. The van der Waals surface area contributed by atoms with E-state index in [1.807, 2.05) is 0 Å². The van der Waals surface area contributed by atoms with Crippen molar-refractivity contribution in [2.75, 3.05) is 25.3 Å². The molecular formula is C21H23N3O6S. The Labute approximate surface area is 178 Å². The van der Waals surface area contributed by atoms with Gasteiger partial charge in [-0.05, 0) is 17.7 Å². The molecule has 0 spiro atoms. The van der Waals surface area contributed by atoms with Crippen LogP contribution < -0.4 is 10.9 Å². The number of carboxylic acid groups (broad SMARTS) is 1. The molecule has 4 rings (SSSR count). The minimum atomic E-state index is -3.26. The Morgan fingerprint density at radius 3 is 2.68 bits per heavy atom. The summed E-state index contributed by atoms with van der Waals surface area (Å²) in [6, 6.07) is 4.00. The number of sulfone groups is 1. The molecule has 1 unspecified atom stereocenters. The van der Waals surface area contributed by atoms with Crippen LogP contribution in [-0.4, -0.2) is 49.0 Å². The number of H-pyrrole nitrogens is 1. The largest absolute Gasteiger partial charge is 0.479 e. The highest BCUT2D eigenvalue weighted by atomic mass is 32.2. The van der Waals surface area contributed by atoms with E-state index in [0.29, 0.717) is 57.6 Å². The zero-order chi connectivity index (χ0) is 22.5. The van der Waals surface area contributed by atoms with Gasteiger partial charge in [0.1, 0.15) is 5.52 Å². The van der Waals surface area contributed by atoms with Crippen LogP contribution in [0.2, 0.25) is 0 Å². The average molecular weight is 445 g/mol. The Morgan fingerprint density at radius 1 is 1.29 bits per heavy atom. The maximum absolute atomic E-state index is 12.9. The van der Waals surface area contributed by atoms with Gasteiger partial charge in [-0.1, -0.05) is 6.07 Å². The van der Waals surface area contributed by atoms with Crippen LogP contribution in [0.5, 0.6) is 0 Å². The number of aryl methyl sites for hydroxylation is 1. The number of nitrogens with zero attached hydrogens (tertiary/aromatic N) is 1. The van der Waals surface area contributed by atoms with Crippen LogP contribution in [0.4, 0.5) is 5.69 Å². The Morgan fingerprint density at radius 2 is 2.03 bits per heavy atom. The Bertz CT molecular complexity index is 1370. The van der Waals surface area contributed by atoms with E-state index < -0.39 is 21.8 Å². The average Bonchev–Trinajstić information content (AvgIpc) is 2.99. The van der Waals surface area contributed by atoms with Crippen molar-refractivity contribution < 1.29 is 23.1 Å². The quantitative estimate of drug-likeness (QED) is 0.527. The first kappa shape index (κ1) is 21.1. The van der Waals surface area contributed by atoms with Gasteiger partial charge in [-0.2, -0.15) is 0 Å². The number of fused-ring (bicyclic) bond motifs is 2. The zero-order valence-corrected chi connectivity index (χ0v) is 18.2. The molecule has 3 aromatic rings. The number of aromatic nitrogens is 2. The van der Waals surface area contributed by atoms with Gasteiger partial charge in [-0.3, -0.25) is 4.79 Å². The van der Waals surface area contributed by atoms with Gasteiger partial charge in [-0.15, -0.1) is 0 Å². The van der Waals surface area contributed by atoms with Gasteiger partial charge in [0.2, 0.25) is 0 Å². The van der Waals surface area contributed by atoms with Gasteiger partial charge in [0.25, 0.3) is 5.56 Å². The number of methoxy groups -OCH3 is 1. The molecule has 0 bridgehead atoms. The van der Waals surface area contributed by atoms with E-state index in [1.54, 1.807) is 38.6 Å². The maximum Gasteiger partial charge on any atom is 0.330 e. The third kappa shape index (κ3) is 3.72. The number of pyridine rings is 1. The summed E-state index contributed by atoms with van der Waals surface area (Å²) in [6.45, 7) is 0.354. The molecular weight excluding hydrogens is 422 g/mol. The van der Waals surface area contributed by atoms with Crippen molar-refractivity contribution in [1.82, 2.24) is 9.55 Å². The third-order valence-electron chi connectivity index (χ3n) is 5.44. The predicted octanol–water partition coefficient (Wildman–Crippen LogP) is 1.82. The van der Waals surface area contributed by atoms with Crippen molar-refractivity contribution in [3.8, 4) is 11.1 Å². The fraction of sp³-hybridized carbons (Fsp3) is 0.333. The number of aliphatic carboxylic acids is 1. The summed E-state index contributed by atoms with van der Waals surface area (Å²) in [4.78, 5) is 28.2. The monoisotopic (exact) mass is 445 g/mol. The number of hydrogen-bond donors (Lipinski definition) is 3. The second-order valence-electron chi connectivity index (χ2n) is 7.83. The van der Waals surface area contributed by atoms with E-state index in [4.69, 9.17) is 4.74 Å². The third-order valence-corrected chi connectivity index (χ3v) is 6.30. The molecule has 0 radical (unpaired) electrons. The SMILES string of the molecule is COCCc1[nH]c2c(=O)n(C)cc3c2c1C(C(=O)O)Nc1ccc(CS(C)(=O)=O)cc1-3. The summed E-state index contributed by atoms with van der Waals surface area (Å²) < 4.78 is 30.2. The Hall–Kier alpha value is -3.11. The molecule has 0 aliphatic carbocycles. The van der Waals surface area contributed by atoms with Crippen molar-refractivity contribution in [2.24, 2.45) is 7.05 Å². The predicted molar refractivity (Wildman–Crippen MR) is 117 cm³/mol. The van der Waals surface area contributed by atoms with Gasteiger partial charge in [-0.25, -0.2) is 13.2 Å². The molecule has 1 aliphatic rings. The van der Waals surface area contributed by atoms with Crippen LogP contribution in [0.3, 0.4) is 0 Å². The molecule has 0 saturated carbocycles. The molecule has 3 heterocycles. The molecule has 2 aromatic heterocycles. The number of carbonyl (C=O) groups is 1. The fourth-order valence-corrected chi connectivity index (χ4v) is 4.95. The van der Waals surface area contributed by atoms with E-state index in [1.165, 1.54) is 4.57 Å². The first-order valence-electron chi connectivity index (χ1n) is 9.64. The summed E-state index contributed by atoms with van der Waals surface area (Å²) in [6.07, 6.45) is 3.23. The fourth-order valence-electron chi connectivity index (χ4n) is 4.17. The van der Waals surface area contributed by atoms with Crippen LogP contribution in [0.15, 0.2) is 29.2 Å².